The minimum absolute atomic E-state index is 0.120. The maximum Gasteiger partial charge on any atom is 0.263 e. The molecule has 1 amide bonds. The van der Waals surface area contributed by atoms with Crippen molar-refractivity contribution in [1.82, 2.24) is 5.32 Å². The van der Waals surface area contributed by atoms with Crippen LogP contribution in [0.25, 0.3) is 0 Å². The number of anilines is 1. The fraction of sp³-hybridized carbons (Fsp3) is 0.200. The molecular weight excluding hydrogens is 298 g/mol. The van der Waals surface area contributed by atoms with Crippen LogP contribution in [0.1, 0.15) is 24.1 Å². The second-order valence-corrected chi connectivity index (χ2v) is 5.83. The number of nitrogens with one attached hydrogen (secondary N) is 1. The molecule has 4 heteroatoms. The van der Waals surface area contributed by atoms with Gasteiger partial charge in [-0.1, -0.05) is 48.5 Å². The van der Waals surface area contributed by atoms with Crippen molar-refractivity contribution < 1.29 is 4.79 Å². The zero-order chi connectivity index (χ0) is 16.9. The average molecular weight is 317 g/mol. The largest absolute Gasteiger partial charge is 0.346 e. The number of rotatable bonds is 4. The fourth-order valence-corrected chi connectivity index (χ4v) is 2.89. The van der Waals surface area contributed by atoms with Gasteiger partial charge < -0.3 is 10.2 Å². The molecule has 0 aromatic heterocycles. The van der Waals surface area contributed by atoms with Crippen molar-refractivity contribution in [2.75, 3.05) is 11.4 Å². The molecule has 0 bridgehead atoms. The molecule has 1 heterocycles. The summed E-state index contributed by atoms with van der Waals surface area (Å²) in [6.45, 7) is 2.69. The molecule has 1 N–H and O–H groups in total. The van der Waals surface area contributed by atoms with Gasteiger partial charge in [0.1, 0.15) is 11.6 Å². The summed E-state index contributed by atoms with van der Waals surface area (Å²) in [5.41, 5.74) is 3.43. The van der Waals surface area contributed by atoms with E-state index >= 15 is 0 Å². The number of hydrogen-bond acceptors (Lipinski definition) is 3. The second kappa shape index (κ2) is 7.01. The van der Waals surface area contributed by atoms with Crippen LogP contribution in [0.2, 0.25) is 0 Å². The van der Waals surface area contributed by atoms with E-state index in [-0.39, 0.29) is 17.5 Å². The Hall–Kier alpha value is -3.06. The van der Waals surface area contributed by atoms with Crippen molar-refractivity contribution in [3.63, 3.8) is 0 Å². The minimum Gasteiger partial charge on any atom is -0.346 e. The molecule has 0 fully saturated rings. The Kier molecular flexibility index (Phi) is 4.62. The number of benzene rings is 2. The Morgan fingerprint density at radius 1 is 1.21 bits per heavy atom. The molecule has 0 radical (unpaired) electrons. The molecule has 2 aromatic carbocycles. The average Bonchev–Trinajstić information content (AvgIpc) is 3.03. The van der Waals surface area contributed by atoms with Crippen LogP contribution >= 0.6 is 0 Å². The molecule has 0 saturated heterocycles. The Bertz CT molecular complexity index is 805. The quantitative estimate of drug-likeness (QED) is 0.695. The number of amides is 1. The Morgan fingerprint density at radius 2 is 1.92 bits per heavy atom. The summed E-state index contributed by atoms with van der Waals surface area (Å²) in [6, 6.07) is 19.6. The van der Waals surface area contributed by atoms with Crippen molar-refractivity contribution >= 4 is 11.6 Å². The summed E-state index contributed by atoms with van der Waals surface area (Å²) in [6.07, 6.45) is 2.58. The third kappa shape index (κ3) is 3.31. The van der Waals surface area contributed by atoms with E-state index in [4.69, 9.17) is 0 Å². The van der Waals surface area contributed by atoms with E-state index in [0.29, 0.717) is 0 Å². The molecule has 1 unspecified atom stereocenters. The highest BCUT2D eigenvalue weighted by Crippen LogP contribution is 2.28. The SMILES string of the molecule is CC(NC(=O)/C(C#N)=C\N1CCc2ccccc21)c1ccccc1. The van der Waals surface area contributed by atoms with Crippen molar-refractivity contribution in [3.8, 4) is 6.07 Å². The minimum atomic E-state index is -0.349. The zero-order valence-electron chi connectivity index (χ0n) is 13.6. The summed E-state index contributed by atoms with van der Waals surface area (Å²) in [5.74, 6) is -0.349. The van der Waals surface area contributed by atoms with Crippen LogP contribution in [0.15, 0.2) is 66.4 Å². The van der Waals surface area contributed by atoms with Gasteiger partial charge in [-0.15, -0.1) is 0 Å². The van der Waals surface area contributed by atoms with E-state index in [1.807, 2.05) is 66.4 Å². The molecule has 24 heavy (non-hydrogen) atoms. The number of nitrogens with zero attached hydrogens (tertiary/aromatic N) is 2. The van der Waals surface area contributed by atoms with Crippen LogP contribution in [0.4, 0.5) is 5.69 Å². The lowest BCUT2D eigenvalue weighted by atomic mass is 10.1. The van der Waals surface area contributed by atoms with Crippen LogP contribution in [0.5, 0.6) is 0 Å². The standard InChI is InChI=1S/C20H19N3O/c1-15(16-7-3-2-4-8-16)22-20(24)18(13-21)14-23-12-11-17-9-5-6-10-19(17)23/h2-10,14-15H,11-12H2,1H3,(H,22,24)/b18-14-. The Labute approximate surface area is 142 Å². The van der Waals surface area contributed by atoms with E-state index in [9.17, 15) is 10.1 Å². The number of carbonyl (C=O) groups is 1. The monoisotopic (exact) mass is 317 g/mol. The smallest absolute Gasteiger partial charge is 0.263 e. The first-order valence-electron chi connectivity index (χ1n) is 8.01. The van der Waals surface area contributed by atoms with Gasteiger partial charge in [0.25, 0.3) is 5.91 Å². The molecule has 1 aliphatic rings. The molecule has 120 valence electrons. The highest BCUT2D eigenvalue weighted by molar-refractivity contribution is 5.98. The number of para-hydroxylation sites is 1. The summed E-state index contributed by atoms with van der Waals surface area (Å²) in [5, 5.41) is 12.3. The second-order valence-electron chi connectivity index (χ2n) is 5.83. The van der Waals surface area contributed by atoms with Gasteiger partial charge in [-0.05, 0) is 30.5 Å². The van der Waals surface area contributed by atoms with Crippen LogP contribution < -0.4 is 10.2 Å². The van der Waals surface area contributed by atoms with Gasteiger partial charge in [-0.3, -0.25) is 4.79 Å². The highest BCUT2D eigenvalue weighted by atomic mass is 16.1. The maximum atomic E-state index is 12.4. The highest BCUT2D eigenvalue weighted by Gasteiger charge is 2.20. The van der Waals surface area contributed by atoms with Crippen molar-refractivity contribution in [1.29, 1.82) is 5.26 Å². The van der Waals surface area contributed by atoms with Gasteiger partial charge in [0, 0.05) is 18.4 Å². The molecule has 2 aromatic rings. The van der Waals surface area contributed by atoms with E-state index in [1.54, 1.807) is 6.20 Å². The third-order valence-electron chi connectivity index (χ3n) is 4.22. The fourth-order valence-electron chi connectivity index (χ4n) is 2.89. The van der Waals surface area contributed by atoms with Gasteiger partial charge in [-0.25, -0.2) is 0 Å². The topological polar surface area (TPSA) is 56.1 Å². The van der Waals surface area contributed by atoms with Crippen LogP contribution in [-0.2, 0) is 11.2 Å². The number of nitriles is 1. The summed E-state index contributed by atoms with van der Waals surface area (Å²) < 4.78 is 0. The molecule has 1 atom stereocenters. The summed E-state index contributed by atoms with van der Waals surface area (Å²) in [7, 11) is 0. The summed E-state index contributed by atoms with van der Waals surface area (Å²) in [4.78, 5) is 14.4. The number of fused-ring (bicyclic) bond motifs is 1. The van der Waals surface area contributed by atoms with Gasteiger partial charge in [-0.2, -0.15) is 5.26 Å². The molecular formula is C20H19N3O. The van der Waals surface area contributed by atoms with E-state index in [1.165, 1.54) is 5.56 Å². The number of hydrogen-bond donors (Lipinski definition) is 1. The van der Waals surface area contributed by atoms with Crippen LogP contribution in [0, 0.1) is 11.3 Å². The number of carbonyl (C=O) groups excluding carboxylic acids is 1. The van der Waals surface area contributed by atoms with Crippen molar-refractivity contribution in [2.45, 2.75) is 19.4 Å². The van der Waals surface area contributed by atoms with Gasteiger partial charge in [0.05, 0.1) is 6.04 Å². The third-order valence-corrected chi connectivity index (χ3v) is 4.22. The Balaban J connectivity index is 1.75. The van der Waals surface area contributed by atoms with E-state index in [2.05, 4.69) is 11.4 Å². The molecule has 0 saturated carbocycles. The van der Waals surface area contributed by atoms with Crippen molar-refractivity contribution in [2.24, 2.45) is 0 Å². The predicted molar refractivity (Wildman–Crippen MR) is 94.2 cm³/mol. The molecule has 4 nitrogen and oxygen atoms in total. The lowest BCUT2D eigenvalue weighted by Gasteiger charge is -2.17. The normalized spacial score (nSPS) is 14.7. The van der Waals surface area contributed by atoms with E-state index in [0.717, 1.165) is 24.2 Å². The van der Waals surface area contributed by atoms with Crippen LogP contribution in [-0.4, -0.2) is 12.5 Å². The van der Waals surface area contributed by atoms with Crippen LogP contribution in [0.3, 0.4) is 0 Å². The first-order chi connectivity index (χ1) is 11.7. The lowest BCUT2D eigenvalue weighted by molar-refractivity contribution is -0.117. The Morgan fingerprint density at radius 3 is 2.67 bits per heavy atom. The summed E-state index contributed by atoms with van der Waals surface area (Å²) >= 11 is 0. The predicted octanol–water partition coefficient (Wildman–Crippen LogP) is 3.33. The van der Waals surface area contributed by atoms with Gasteiger partial charge in [0.2, 0.25) is 0 Å². The molecule has 3 rings (SSSR count). The molecule has 1 aliphatic heterocycles. The molecule has 0 spiro atoms. The maximum absolute atomic E-state index is 12.4. The van der Waals surface area contributed by atoms with Gasteiger partial charge >= 0.3 is 0 Å². The van der Waals surface area contributed by atoms with Crippen molar-refractivity contribution in [3.05, 3.63) is 77.5 Å². The lowest BCUT2D eigenvalue weighted by Crippen LogP contribution is -2.29. The first kappa shape index (κ1) is 15.8. The zero-order valence-corrected chi connectivity index (χ0v) is 13.6. The van der Waals surface area contributed by atoms with E-state index < -0.39 is 0 Å². The van der Waals surface area contributed by atoms with Gasteiger partial charge in [0.15, 0.2) is 0 Å². The molecule has 0 aliphatic carbocycles. The first-order valence-corrected chi connectivity index (χ1v) is 8.01.